The zero-order valence-corrected chi connectivity index (χ0v) is 16.4. The van der Waals surface area contributed by atoms with Crippen molar-refractivity contribution in [3.05, 3.63) is 65.1 Å². The highest BCUT2D eigenvalue weighted by Gasteiger charge is 2.16. The predicted molar refractivity (Wildman–Crippen MR) is 108 cm³/mol. The number of aryl methyl sites for hydroxylation is 1. The molecule has 3 heterocycles. The zero-order valence-electron chi connectivity index (χ0n) is 15.5. The van der Waals surface area contributed by atoms with Crippen molar-refractivity contribution in [2.75, 3.05) is 13.7 Å². The molecule has 0 atom stereocenters. The summed E-state index contributed by atoms with van der Waals surface area (Å²) in [7, 11) is 1.63. The van der Waals surface area contributed by atoms with Gasteiger partial charge in [0.15, 0.2) is 5.65 Å². The molecular formula is C20H19N5O2S. The molecule has 0 saturated carbocycles. The van der Waals surface area contributed by atoms with E-state index in [0.717, 1.165) is 33.5 Å². The third kappa shape index (κ3) is 3.59. The van der Waals surface area contributed by atoms with Crippen molar-refractivity contribution in [3.63, 3.8) is 0 Å². The first-order chi connectivity index (χ1) is 13.7. The smallest absolute Gasteiger partial charge is 0.263 e. The number of ether oxygens (including phenoxy) is 1. The fourth-order valence-electron chi connectivity index (χ4n) is 2.89. The van der Waals surface area contributed by atoms with E-state index in [1.165, 1.54) is 11.3 Å². The van der Waals surface area contributed by atoms with Crippen LogP contribution in [-0.2, 0) is 6.42 Å². The molecule has 28 heavy (non-hydrogen) atoms. The van der Waals surface area contributed by atoms with Crippen molar-refractivity contribution in [1.29, 1.82) is 0 Å². The van der Waals surface area contributed by atoms with Gasteiger partial charge in [-0.1, -0.05) is 6.07 Å². The number of benzene rings is 1. The molecule has 4 rings (SSSR count). The molecule has 8 heteroatoms. The van der Waals surface area contributed by atoms with Crippen LogP contribution >= 0.6 is 11.3 Å². The Morgan fingerprint density at radius 1 is 1.18 bits per heavy atom. The average Bonchev–Trinajstić information content (AvgIpc) is 3.32. The van der Waals surface area contributed by atoms with E-state index in [1.54, 1.807) is 7.11 Å². The molecule has 0 fully saturated rings. The van der Waals surface area contributed by atoms with E-state index in [-0.39, 0.29) is 5.91 Å². The maximum atomic E-state index is 12.6. The predicted octanol–water partition coefficient (Wildman–Crippen LogP) is 3.14. The molecule has 142 valence electrons. The number of carbonyl (C=O) groups is 1. The fraction of sp³-hybridized carbons (Fsp3) is 0.200. The maximum Gasteiger partial charge on any atom is 0.263 e. The van der Waals surface area contributed by atoms with Crippen LogP contribution < -0.4 is 10.1 Å². The van der Waals surface area contributed by atoms with Crippen LogP contribution in [0.3, 0.4) is 0 Å². The molecule has 0 radical (unpaired) electrons. The van der Waals surface area contributed by atoms with Crippen LogP contribution in [0.4, 0.5) is 0 Å². The lowest BCUT2D eigenvalue weighted by atomic mass is 10.2. The molecular weight excluding hydrogens is 374 g/mol. The summed E-state index contributed by atoms with van der Waals surface area (Å²) in [4.78, 5) is 17.8. The van der Waals surface area contributed by atoms with Gasteiger partial charge in [0.1, 0.15) is 21.5 Å². The molecule has 0 bridgehead atoms. The number of rotatable bonds is 6. The number of nitrogens with zero attached hydrogens (tertiary/aromatic N) is 4. The van der Waals surface area contributed by atoms with Gasteiger partial charge in [0.25, 0.3) is 5.91 Å². The van der Waals surface area contributed by atoms with Crippen LogP contribution in [0.2, 0.25) is 0 Å². The number of methoxy groups -OCH3 is 1. The summed E-state index contributed by atoms with van der Waals surface area (Å²) < 4.78 is 7.10. The van der Waals surface area contributed by atoms with Crippen molar-refractivity contribution < 1.29 is 9.53 Å². The van der Waals surface area contributed by atoms with Crippen LogP contribution in [0.5, 0.6) is 5.75 Å². The van der Waals surface area contributed by atoms with Crippen molar-refractivity contribution in [2.24, 2.45) is 0 Å². The number of aromatic nitrogens is 4. The van der Waals surface area contributed by atoms with Crippen LogP contribution in [0.25, 0.3) is 16.2 Å². The second-order valence-electron chi connectivity index (χ2n) is 6.21. The maximum absolute atomic E-state index is 12.6. The molecule has 4 aromatic rings. The molecule has 1 N–H and O–H groups in total. The Hall–Kier alpha value is -3.26. The lowest BCUT2D eigenvalue weighted by molar-refractivity contribution is 0.0957. The van der Waals surface area contributed by atoms with Gasteiger partial charge < -0.3 is 10.1 Å². The number of thiazole rings is 1. The molecule has 0 aliphatic carbocycles. The van der Waals surface area contributed by atoms with Crippen molar-refractivity contribution in [3.8, 4) is 16.3 Å². The molecule has 0 unspecified atom stereocenters. The molecule has 0 aliphatic heterocycles. The Bertz CT molecular complexity index is 1120. The summed E-state index contributed by atoms with van der Waals surface area (Å²) in [6.07, 6.45) is 2.51. The minimum atomic E-state index is -0.122. The minimum absolute atomic E-state index is 0.122. The first kappa shape index (κ1) is 18.1. The van der Waals surface area contributed by atoms with Crippen LogP contribution in [-0.4, -0.2) is 39.1 Å². The molecule has 0 spiro atoms. The summed E-state index contributed by atoms with van der Waals surface area (Å²) >= 11 is 1.39. The van der Waals surface area contributed by atoms with Crippen LogP contribution in [0, 0.1) is 6.92 Å². The molecule has 0 saturated heterocycles. The number of amides is 1. The Labute approximate surface area is 166 Å². The Balaban J connectivity index is 1.42. The van der Waals surface area contributed by atoms with Gasteiger partial charge in [-0.2, -0.15) is 0 Å². The van der Waals surface area contributed by atoms with E-state index in [2.05, 4.69) is 20.5 Å². The largest absolute Gasteiger partial charge is 0.497 e. The second kappa shape index (κ2) is 7.77. The molecule has 3 aromatic heterocycles. The van der Waals surface area contributed by atoms with Gasteiger partial charge in [0, 0.05) is 24.7 Å². The SMILES string of the molecule is COc1ccc(-c2nc(C)c(C(=O)NCCc3nnc4ccccn34)s2)cc1. The summed E-state index contributed by atoms with van der Waals surface area (Å²) in [6.45, 7) is 2.33. The van der Waals surface area contributed by atoms with Crippen LogP contribution in [0.15, 0.2) is 48.7 Å². The van der Waals surface area contributed by atoms with Gasteiger partial charge in [0.2, 0.25) is 0 Å². The lowest BCUT2D eigenvalue weighted by Crippen LogP contribution is -2.26. The number of carbonyl (C=O) groups excluding carboxylic acids is 1. The topological polar surface area (TPSA) is 81.4 Å². The van der Waals surface area contributed by atoms with E-state index >= 15 is 0 Å². The summed E-state index contributed by atoms with van der Waals surface area (Å²) in [5, 5.41) is 12.1. The van der Waals surface area contributed by atoms with Gasteiger partial charge in [-0.25, -0.2) is 4.98 Å². The molecule has 7 nitrogen and oxygen atoms in total. The minimum Gasteiger partial charge on any atom is -0.497 e. The molecule has 1 aromatic carbocycles. The third-order valence-electron chi connectivity index (χ3n) is 4.36. The number of pyridine rings is 1. The van der Waals surface area contributed by atoms with Gasteiger partial charge >= 0.3 is 0 Å². The summed E-state index contributed by atoms with van der Waals surface area (Å²) in [5.74, 6) is 1.48. The van der Waals surface area contributed by atoms with E-state index < -0.39 is 0 Å². The summed E-state index contributed by atoms with van der Waals surface area (Å²) in [5.41, 5.74) is 2.48. The van der Waals surface area contributed by atoms with Crippen molar-refractivity contribution in [2.45, 2.75) is 13.3 Å². The zero-order chi connectivity index (χ0) is 19.5. The monoisotopic (exact) mass is 393 g/mol. The van der Waals surface area contributed by atoms with Crippen molar-refractivity contribution >= 4 is 22.9 Å². The first-order valence-corrected chi connectivity index (χ1v) is 9.66. The van der Waals surface area contributed by atoms with E-state index in [9.17, 15) is 4.79 Å². The van der Waals surface area contributed by atoms with E-state index in [0.29, 0.717) is 17.8 Å². The van der Waals surface area contributed by atoms with Gasteiger partial charge in [0.05, 0.1) is 12.8 Å². The standard InChI is InChI=1S/C20H19N5O2S/c1-13-18(28-20(22-13)14-6-8-15(27-2)9-7-14)19(26)21-11-10-17-24-23-16-5-3-4-12-25(16)17/h3-9,12H,10-11H2,1-2H3,(H,21,26). The van der Waals surface area contributed by atoms with Crippen molar-refractivity contribution in [1.82, 2.24) is 24.9 Å². The molecule has 0 aliphatic rings. The quantitative estimate of drug-likeness (QED) is 0.544. The highest BCUT2D eigenvalue weighted by atomic mass is 32.1. The number of hydrogen-bond acceptors (Lipinski definition) is 6. The Morgan fingerprint density at radius 3 is 2.79 bits per heavy atom. The molecule has 1 amide bonds. The lowest BCUT2D eigenvalue weighted by Gasteiger charge is -2.03. The Kier molecular flexibility index (Phi) is 5.03. The highest BCUT2D eigenvalue weighted by Crippen LogP contribution is 2.29. The first-order valence-electron chi connectivity index (χ1n) is 8.84. The highest BCUT2D eigenvalue weighted by molar-refractivity contribution is 7.17. The van der Waals surface area contributed by atoms with E-state index in [1.807, 2.05) is 60.0 Å². The number of nitrogens with one attached hydrogen (secondary N) is 1. The number of hydrogen-bond donors (Lipinski definition) is 1. The van der Waals surface area contributed by atoms with E-state index in [4.69, 9.17) is 4.74 Å². The summed E-state index contributed by atoms with van der Waals surface area (Å²) in [6, 6.07) is 13.4. The second-order valence-corrected chi connectivity index (χ2v) is 7.21. The number of fused-ring (bicyclic) bond motifs is 1. The van der Waals surface area contributed by atoms with Gasteiger partial charge in [-0.15, -0.1) is 21.5 Å². The van der Waals surface area contributed by atoms with Gasteiger partial charge in [-0.05, 0) is 43.3 Å². The third-order valence-corrected chi connectivity index (χ3v) is 5.56. The average molecular weight is 393 g/mol. The normalized spacial score (nSPS) is 10.9. The Morgan fingerprint density at radius 2 is 2.00 bits per heavy atom. The van der Waals surface area contributed by atoms with Gasteiger partial charge in [-0.3, -0.25) is 9.20 Å². The fourth-order valence-corrected chi connectivity index (χ4v) is 3.88. The van der Waals surface area contributed by atoms with Crippen LogP contribution in [0.1, 0.15) is 21.2 Å².